The van der Waals surface area contributed by atoms with Crippen LogP contribution in [0, 0.1) is 0 Å². The van der Waals surface area contributed by atoms with Gasteiger partial charge in [-0.2, -0.15) is 0 Å². The zero-order chi connectivity index (χ0) is 15.0. The lowest BCUT2D eigenvalue weighted by Crippen LogP contribution is -2.21. The number of fused-ring (bicyclic) bond motifs is 2. The Morgan fingerprint density at radius 1 is 1.29 bits per heavy atom. The van der Waals surface area contributed by atoms with Crippen molar-refractivity contribution in [3.63, 3.8) is 0 Å². The maximum absolute atomic E-state index is 5.98. The molecule has 0 spiro atoms. The predicted molar refractivity (Wildman–Crippen MR) is 86.3 cm³/mol. The molecule has 0 saturated heterocycles. The Labute approximate surface area is 126 Å². The molecule has 4 nitrogen and oxygen atoms in total. The fraction of sp³-hybridized carbons (Fsp3) is 0.529. The lowest BCUT2D eigenvalue weighted by atomic mass is 10.0. The molecule has 1 atom stereocenters. The zero-order valence-corrected chi connectivity index (χ0v) is 13.2. The highest BCUT2D eigenvalue weighted by molar-refractivity contribution is 5.86. The lowest BCUT2D eigenvalue weighted by Gasteiger charge is -2.13. The molecule has 2 N–H and O–H groups in total. The van der Waals surface area contributed by atoms with E-state index < -0.39 is 0 Å². The fourth-order valence-corrected chi connectivity index (χ4v) is 3.32. The van der Waals surface area contributed by atoms with Gasteiger partial charge in [0.15, 0.2) is 0 Å². The predicted octanol–water partition coefficient (Wildman–Crippen LogP) is 2.03. The molecule has 0 bridgehead atoms. The quantitative estimate of drug-likeness (QED) is 0.915. The van der Waals surface area contributed by atoms with Gasteiger partial charge in [-0.05, 0) is 42.2 Å². The van der Waals surface area contributed by atoms with E-state index in [-0.39, 0.29) is 6.04 Å². The van der Waals surface area contributed by atoms with Crippen LogP contribution in [-0.2, 0) is 31.3 Å². The molecule has 21 heavy (non-hydrogen) atoms. The summed E-state index contributed by atoms with van der Waals surface area (Å²) in [5.41, 5.74) is 11.6. The number of nitrogens with two attached hydrogens (primary N) is 1. The standard InChI is InChI=1S/C17H25N3O/c1-12(18)6-15-9-19(2)17-8-14-11-20(4-5-21-3)10-13(14)7-16(15)17/h7-9,12H,4-6,10-11,18H2,1-3H3. The number of aromatic nitrogens is 1. The molecule has 2 aromatic rings. The zero-order valence-electron chi connectivity index (χ0n) is 13.2. The molecule has 0 aliphatic carbocycles. The van der Waals surface area contributed by atoms with Crippen molar-refractivity contribution in [3.8, 4) is 0 Å². The van der Waals surface area contributed by atoms with E-state index in [0.29, 0.717) is 0 Å². The van der Waals surface area contributed by atoms with Gasteiger partial charge in [-0.25, -0.2) is 0 Å². The number of rotatable bonds is 5. The summed E-state index contributed by atoms with van der Waals surface area (Å²) in [5, 5.41) is 1.36. The number of ether oxygens (including phenoxy) is 1. The Morgan fingerprint density at radius 2 is 2.00 bits per heavy atom. The van der Waals surface area contributed by atoms with Crippen LogP contribution in [0.15, 0.2) is 18.3 Å². The second-order valence-corrected chi connectivity index (χ2v) is 6.29. The molecule has 0 fully saturated rings. The normalized spacial score (nSPS) is 16.6. The Balaban J connectivity index is 1.93. The first-order valence-corrected chi connectivity index (χ1v) is 7.65. The summed E-state index contributed by atoms with van der Waals surface area (Å²) in [7, 11) is 3.88. The van der Waals surface area contributed by atoms with E-state index in [1.54, 1.807) is 7.11 Å². The molecule has 0 radical (unpaired) electrons. The van der Waals surface area contributed by atoms with Gasteiger partial charge >= 0.3 is 0 Å². The van der Waals surface area contributed by atoms with Gasteiger partial charge in [0, 0.05) is 56.9 Å². The van der Waals surface area contributed by atoms with E-state index in [4.69, 9.17) is 10.5 Å². The third-order valence-corrected chi connectivity index (χ3v) is 4.33. The highest BCUT2D eigenvalue weighted by Gasteiger charge is 2.21. The first-order chi connectivity index (χ1) is 10.1. The average Bonchev–Trinajstić information content (AvgIpc) is 2.95. The minimum atomic E-state index is 0.196. The van der Waals surface area contributed by atoms with Gasteiger partial charge in [-0.15, -0.1) is 0 Å². The third-order valence-electron chi connectivity index (χ3n) is 4.33. The molecule has 4 heteroatoms. The van der Waals surface area contributed by atoms with Crippen LogP contribution in [-0.4, -0.2) is 35.8 Å². The maximum atomic E-state index is 5.98. The largest absolute Gasteiger partial charge is 0.383 e. The number of benzene rings is 1. The number of hydrogen-bond acceptors (Lipinski definition) is 3. The molecule has 3 rings (SSSR count). The summed E-state index contributed by atoms with van der Waals surface area (Å²) in [5.74, 6) is 0. The topological polar surface area (TPSA) is 43.4 Å². The second kappa shape index (κ2) is 5.79. The molecule has 114 valence electrons. The first kappa shape index (κ1) is 14.6. The molecule has 1 aliphatic heterocycles. The van der Waals surface area contributed by atoms with Crippen molar-refractivity contribution in [2.75, 3.05) is 20.3 Å². The SMILES string of the molecule is COCCN1Cc2cc3c(CC(C)N)cn(C)c3cc2C1. The van der Waals surface area contributed by atoms with Crippen LogP contribution in [0.25, 0.3) is 10.9 Å². The van der Waals surface area contributed by atoms with Crippen LogP contribution < -0.4 is 5.73 Å². The molecule has 0 amide bonds. The van der Waals surface area contributed by atoms with Crippen molar-refractivity contribution in [3.05, 3.63) is 35.0 Å². The molecule has 1 aromatic heterocycles. The van der Waals surface area contributed by atoms with Crippen LogP contribution in [0.4, 0.5) is 0 Å². The smallest absolute Gasteiger partial charge is 0.0589 e. The summed E-state index contributed by atoms with van der Waals surface area (Å²) in [6.07, 6.45) is 3.16. The Kier molecular flexibility index (Phi) is 4.02. The molecule has 1 unspecified atom stereocenters. The van der Waals surface area contributed by atoms with Gasteiger partial charge in [0.05, 0.1) is 6.61 Å². The van der Waals surface area contributed by atoms with Crippen molar-refractivity contribution < 1.29 is 4.74 Å². The first-order valence-electron chi connectivity index (χ1n) is 7.65. The summed E-state index contributed by atoms with van der Waals surface area (Å²) >= 11 is 0. The number of hydrogen-bond donors (Lipinski definition) is 1. The third kappa shape index (κ3) is 2.84. The second-order valence-electron chi connectivity index (χ2n) is 6.29. The van der Waals surface area contributed by atoms with Gasteiger partial charge < -0.3 is 15.0 Å². The molecule has 0 saturated carbocycles. The number of aryl methyl sites for hydroxylation is 1. The van der Waals surface area contributed by atoms with Crippen LogP contribution in [0.1, 0.15) is 23.6 Å². The van der Waals surface area contributed by atoms with Gasteiger partial charge in [0.25, 0.3) is 0 Å². The average molecular weight is 287 g/mol. The Bertz CT molecular complexity index is 645. The summed E-state index contributed by atoms with van der Waals surface area (Å²) in [4.78, 5) is 2.44. The van der Waals surface area contributed by atoms with E-state index in [0.717, 1.165) is 32.7 Å². The molecule has 2 heterocycles. The lowest BCUT2D eigenvalue weighted by molar-refractivity contribution is 0.147. The van der Waals surface area contributed by atoms with Gasteiger partial charge in [-0.3, -0.25) is 4.90 Å². The van der Waals surface area contributed by atoms with Crippen molar-refractivity contribution in [2.24, 2.45) is 12.8 Å². The van der Waals surface area contributed by atoms with E-state index in [9.17, 15) is 0 Å². The Morgan fingerprint density at radius 3 is 2.67 bits per heavy atom. The van der Waals surface area contributed by atoms with E-state index in [1.807, 2.05) is 0 Å². The van der Waals surface area contributed by atoms with Gasteiger partial charge in [-0.1, -0.05) is 0 Å². The minimum absolute atomic E-state index is 0.196. The minimum Gasteiger partial charge on any atom is -0.383 e. The molecular formula is C17H25N3O. The van der Waals surface area contributed by atoms with Crippen LogP contribution in [0.5, 0.6) is 0 Å². The highest BCUT2D eigenvalue weighted by Crippen LogP contribution is 2.30. The molecule has 1 aliphatic rings. The monoisotopic (exact) mass is 287 g/mol. The van der Waals surface area contributed by atoms with Crippen LogP contribution in [0.3, 0.4) is 0 Å². The summed E-state index contributed by atoms with van der Waals surface area (Å²) in [6.45, 7) is 5.92. The van der Waals surface area contributed by atoms with Crippen molar-refractivity contribution in [2.45, 2.75) is 32.5 Å². The summed E-state index contributed by atoms with van der Waals surface area (Å²) < 4.78 is 7.41. The maximum Gasteiger partial charge on any atom is 0.0589 e. The highest BCUT2D eigenvalue weighted by atomic mass is 16.5. The summed E-state index contributed by atoms with van der Waals surface area (Å²) in [6, 6.07) is 4.92. The van der Waals surface area contributed by atoms with Crippen LogP contribution >= 0.6 is 0 Å². The molecule has 1 aromatic carbocycles. The van der Waals surface area contributed by atoms with E-state index in [2.05, 4.69) is 41.8 Å². The van der Waals surface area contributed by atoms with Gasteiger partial charge in [0.1, 0.15) is 0 Å². The van der Waals surface area contributed by atoms with E-state index >= 15 is 0 Å². The van der Waals surface area contributed by atoms with Crippen molar-refractivity contribution in [1.82, 2.24) is 9.47 Å². The molecular weight excluding hydrogens is 262 g/mol. The number of methoxy groups -OCH3 is 1. The van der Waals surface area contributed by atoms with Gasteiger partial charge in [0.2, 0.25) is 0 Å². The van der Waals surface area contributed by atoms with Crippen molar-refractivity contribution in [1.29, 1.82) is 0 Å². The number of nitrogens with zero attached hydrogens (tertiary/aromatic N) is 2. The van der Waals surface area contributed by atoms with Crippen LogP contribution in [0.2, 0.25) is 0 Å². The fourth-order valence-electron chi connectivity index (χ4n) is 3.32. The Hall–Kier alpha value is -1.36. The van der Waals surface area contributed by atoms with Crippen molar-refractivity contribution >= 4 is 10.9 Å². The van der Waals surface area contributed by atoms with E-state index in [1.165, 1.54) is 27.6 Å².